The van der Waals surface area contributed by atoms with Gasteiger partial charge in [0.15, 0.2) is 5.06 Å². The second-order valence-electron chi connectivity index (χ2n) is 6.07. The summed E-state index contributed by atoms with van der Waals surface area (Å²) in [7, 11) is 0. The molecule has 4 rings (SSSR count). The molecule has 6 heteroatoms. The van der Waals surface area contributed by atoms with Gasteiger partial charge in [0.05, 0.1) is 4.34 Å². The minimum absolute atomic E-state index is 0.00512. The van der Waals surface area contributed by atoms with Crippen molar-refractivity contribution in [2.45, 2.75) is 12.5 Å². The third-order valence-electron chi connectivity index (χ3n) is 4.53. The average molecular weight is 349 g/mol. The molecule has 2 bridgehead atoms. The van der Waals surface area contributed by atoms with E-state index >= 15 is 0 Å². The van der Waals surface area contributed by atoms with Gasteiger partial charge < -0.3 is 15.0 Å². The smallest absolute Gasteiger partial charge is 0.251 e. The first-order valence-electron chi connectivity index (χ1n) is 7.74. The van der Waals surface area contributed by atoms with Crippen LogP contribution in [0.25, 0.3) is 0 Å². The molecule has 2 fully saturated rings. The van der Waals surface area contributed by atoms with Crippen LogP contribution in [0.3, 0.4) is 0 Å². The molecule has 2 aromatic rings. The molecule has 1 amide bonds. The van der Waals surface area contributed by atoms with E-state index in [0.717, 1.165) is 18.2 Å². The number of thiophene rings is 1. The van der Waals surface area contributed by atoms with Gasteiger partial charge in [0.25, 0.3) is 5.91 Å². The lowest BCUT2D eigenvalue weighted by Crippen LogP contribution is -2.43. The number of fused-ring (bicyclic) bond motifs is 2. The lowest BCUT2D eigenvalue weighted by Gasteiger charge is -2.23. The Morgan fingerprint density at radius 2 is 2.04 bits per heavy atom. The average Bonchev–Trinajstić information content (AvgIpc) is 3.25. The molecule has 1 aromatic heterocycles. The minimum Gasteiger partial charge on any atom is -0.447 e. The molecule has 120 valence electrons. The van der Waals surface area contributed by atoms with Crippen LogP contribution >= 0.6 is 22.9 Å². The number of nitrogens with zero attached hydrogens (tertiary/aromatic N) is 1. The number of ether oxygens (including phenoxy) is 1. The van der Waals surface area contributed by atoms with Gasteiger partial charge in [-0.2, -0.15) is 0 Å². The van der Waals surface area contributed by atoms with E-state index in [4.69, 9.17) is 16.3 Å². The summed E-state index contributed by atoms with van der Waals surface area (Å²) in [6, 6.07) is 11.1. The number of amides is 1. The summed E-state index contributed by atoms with van der Waals surface area (Å²) in [6.45, 7) is 3.29. The quantitative estimate of drug-likeness (QED) is 0.917. The van der Waals surface area contributed by atoms with Crippen LogP contribution in [0.15, 0.2) is 36.4 Å². The van der Waals surface area contributed by atoms with E-state index in [-0.39, 0.29) is 5.91 Å². The zero-order valence-corrected chi connectivity index (χ0v) is 14.1. The first-order chi connectivity index (χ1) is 11.2. The molecular weight excluding hydrogens is 332 g/mol. The third-order valence-corrected chi connectivity index (χ3v) is 5.64. The van der Waals surface area contributed by atoms with Crippen molar-refractivity contribution in [3.05, 3.63) is 46.3 Å². The normalized spacial score (nSPS) is 25.5. The zero-order chi connectivity index (χ0) is 15.8. The molecule has 1 N–H and O–H groups in total. The Morgan fingerprint density at radius 3 is 2.65 bits per heavy atom. The Balaban J connectivity index is 1.38. The Hall–Kier alpha value is -1.56. The van der Waals surface area contributed by atoms with Gasteiger partial charge in [-0.1, -0.05) is 22.9 Å². The van der Waals surface area contributed by atoms with E-state index < -0.39 is 0 Å². The molecule has 4 nitrogen and oxygen atoms in total. The van der Waals surface area contributed by atoms with Crippen molar-refractivity contribution in [1.82, 2.24) is 10.2 Å². The third kappa shape index (κ3) is 3.22. The van der Waals surface area contributed by atoms with Gasteiger partial charge in [0, 0.05) is 24.7 Å². The lowest BCUT2D eigenvalue weighted by molar-refractivity contribution is 0.0924. The number of hydrogen-bond donors (Lipinski definition) is 1. The number of halogens is 1. The number of benzene rings is 1. The van der Waals surface area contributed by atoms with E-state index in [0.29, 0.717) is 27.6 Å². The molecule has 0 aliphatic carbocycles. The summed E-state index contributed by atoms with van der Waals surface area (Å²) in [5.41, 5.74) is 0.666. The fraction of sp³-hybridized carbons (Fsp3) is 0.353. The molecule has 23 heavy (non-hydrogen) atoms. The Kier molecular flexibility index (Phi) is 4.01. The summed E-state index contributed by atoms with van der Waals surface area (Å²) < 4.78 is 6.40. The maximum Gasteiger partial charge on any atom is 0.251 e. The number of rotatable bonds is 4. The van der Waals surface area contributed by atoms with E-state index in [1.807, 2.05) is 18.2 Å². The predicted molar refractivity (Wildman–Crippen MR) is 91.6 cm³/mol. The van der Waals surface area contributed by atoms with Crippen LogP contribution in [0, 0.1) is 5.92 Å². The second kappa shape index (κ2) is 6.15. The van der Waals surface area contributed by atoms with Gasteiger partial charge >= 0.3 is 0 Å². The molecule has 2 saturated heterocycles. The summed E-state index contributed by atoms with van der Waals surface area (Å²) in [4.78, 5) is 14.8. The molecule has 3 heterocycles. The number of hydrogen-bond acceptors (Lipinski definition) is 4. The number of piperidine rings is 1. The minimum atomic E-state index is -0.00512. The fourth-order valence-corrected chi connectivity index (χ4v) is 4.24. The predicted octanol–water partition coefficient (Wildman–Crippen LogP) is 3.63. The van der Waals surface area contributed by atoms with Gasteiger partial charge in [-0.3, -0.25) is 4.79 Å². The van der Waals surface area contributed by atoms with Gasteiger partial charge in [-0.25, -0.2) is 0 Å². The van der Waals surface area contributed by atoms with Crippen molar-refractivity contribution < 1.29 is 9.53 Å². The number of carbonyl (C=O) groups excluding carboxylic acids is 1. The maximum atomic E-state index is 12.4. The lowest BCUT2D eigenvalue weighted by atomic mass is 9.99. The van der Waals surface area contributed by atoms with Crippen molar-refractivity contribution >= 4 is 28.8 Å². The van der Waals surface area contributed by atoms with E-state index in [9.17, 15) is 4.79 Å². The summed E-state index contributed by atoms with van der Waals surface area (Å²) in [6.07, 6.45) is 1.20. The van der Waals surface area contributed by atoms with Crippen LogP contribution in [-0.4, -0.2) is 36.5 Å². The monoisotopic (exact) mass is 348 g/mol. The molecule has 0 radical (unpaired) electrons. The molecule has 0 spiro atoms. The van der Waals surface area contributed by atoms with Crippen LogP contribution < -0.4 is 10.1 Å². The van der Waals surface area contributed by atoms with Crippen molar-refractivity contribution in [2.24, 2.45) is 5.92 Å². The molecule has 2 aliphatic heterocycles. The summed E-state index contributed by atoms with van der Waals surface area (Å²) >= 11 is 7.26. The molecule has 2 aliphatic rings. The van der Waals surface area contributed by atoms with E-state index in [1.54, 1.807) is 18.2 Å². The van der Waals surface area contributed by atoms with E-state index in [2.05, 4.69) is 10.2 Å². The van der Waals surface area contributed by atoms with Gasteiger partial charge in [-0.05, 0) is 55.3 Å². The molecule has 2 unspecified atom stereocenters. The Labute approximate surface area is 144 Å². The number of carbonyl (C=O) groups is 1. The fourth-order valence-electron chi connectivity index (χ4n) is 3.34. The van der Waals surface area contributed by atoms with Gasteiger partial charge in [0.1, 0.15) is 5.75 Å². The highest BCUT2D eigenvalue weighted by Crippen LogP contribution is 2.32. The Morgan fingerprint density at radius 1 is 1.22 bits per heavy atom. The molecule has 1 aromatic carbocycles. The van der Waals surface area contributed by atoms with Crippen molar-refractivity contribution in [1.29, 1.82) is 0 Å². The van der Waals surface area contributed by atoms with Crippen molar-refractivity contribution in [3.8, 4) is 10.8 Å². The molecular formula is C17H17ClN2O2S. The van der Waals surface area contributed by atoms with Crippen LogP contribution in [0.4, 0.5) is 0 Å². The highest BCUT2D eigenvalue weighted by molar-refractivity contribution is 7.17. The SMILES string of the molecule is O=C(NC1CN2CC[C@H]1C2)c1ccc(Oc2ccc(Cl)s2)cc1. The second-order valence-corrected chi connectivity index (χ2v) is 7.75. The first kappa shape index (κ1) is 15.0. The van der Waals surface area contributed by atoms with Crippen molar-refractivity contribution in [3.63, 3.8) is 0 Å². The highest BCUT2D eigenvalue weighted by Gasteiger charge is 2.38. The summed E-state index contributed by atoms with van der Waals surface area (Å²) in [5.74, 6) is 1.31. The standard InChI is InChI=1S/C17H17ClN2O2S/c18-15-5-6-16(23-15)22-13-3-1-11(2-4-13)17(21)19-14-10-20-8-7-12(14)9-20/h1-6,12,14H,7-10H2,(H,19,21)/t12-,14?/m0/s1. The largest absolute Gasteiger partial charge is 0.447 e. The molecule has 3 atom stereocenters. The molecule has 0 saturated carbocycles. The van der Waals surface area contributed by atoms with Crippen LogP contribution in [-0.2, 0) is 0 Å². The Bertz CT molecular complexity index is 716. The maximum absolute atomic E-state index is 12.4. The van der Waals surface area contributed by atoms with Crippen molar-refractivity contribution in [2.75, 3.05) is 19.6 Å². The topological polar surface area (TPSA) is 41.6 Å². The first-order valence-corrected chi connectivity index (χ1v) is 8.93. The van der Waals surface area contributed by atoms with Gasteiger partial charge in [-0.15, -0.1) is 0 Å². The van der Waals surface area contributed by atoms with Crippen LogP contribution in [0.1, 0.15) is 16.8 Å². The number of nitrogens with one attached hydrogen (secondary N) is 1. The summed E-state index contributed by atoms with van der Waals surface area (Å²) in [5, 5.41) is 3.90. The van der Waals surface area contributed by atoms with Gasteiger partial charge in [0.2, 0.25) is 0 Å². The highest BCUT2D eigenvalue weighted by atomic mass is 35.5. The van der Waals surface area contributed by atoms with Crippen LogP contribution in [0.2, 0.25) is 4.34 Å². The van der Waals surface area contributed by atoms with Crippen LogP contribution in [0.5, 0.6) is 10.8 Å². The van der Waals surface area contributed by atoms with E-state index in [1.165, 1.54) is 24.3 Å². The zero-order valence-electron chi connectivity index (χ0n) is 12.5.